The van der Waals surface area contributed by atoms with Crippen LogP contribution in [0.5, 0.6) is 0 Å². The van der Waals surface area contributed by atoms with Gasteiger partial charge in [-0.1, -0.05) is 24.3 Å². The highest BCUT2D eigenvalue weighted by Gasteiger charge is 2.25. The molecule has 0 aliphatic carbocycles. The molecule has 7 heteroatoms. The van der Waals surface area contributed by atoms with Crippen molar-refractivity contribution in [2.24, 2.45) is 0 Å². The molecule has 0 aliphatic rings. The van der Waals surface area contributed by atoms with E-state index in [1.54, 1.807) is 31.2 Å². The lowest BCUT2D eigenvalue weighted by Gasteiger charge is -2.14. The second kappa shape index (κ2) is 7.16. The molecule has 0 spiro atoms. The zero-order valence-electron chi connectivity index (χ0n) is 11.3. The molecular weight excluding hydrogens is 434 g/mol. The SMILES string of the molecule is CC(Sc1c(F)c(F)c(I)c(F)c1F)c1ccc(CF)cc1. The number of alkyl halides is 1. The number of hydrogen-bond donors (Lipinski definition) is 0. The lowest BCUT2D eigenvalue weighted by Crippen LogP contribution is -2.03. The Morgan fingerprint density at radius 1 is 0.955 bits per heavy atom. The molecule has 22 heavy (non-hydrogen) atoms. The lowest BCUT2D eigenvalue weighted by atomic mass is 10.1. The van der Waals surface area contributed by atoms with Crippen LogP contribution in [-0.4, -0.2) is 0 Å². The van der Waals surface area contributed by atoms with E-state index >= 15 is 0 Å². The summed E-state index contributed by atoms with van der Waals surface area (Å²) >= 11 is 1.89. The average molecular weight is 444 g/mol. The second-order valence-electron chi connectivity index (χ2n) is 4.53. The van der Waals surface area contributed by atoms with E-state index in [4.69, 9.17) is 0 Å². The van der Waals surface area contributed by atoms with Gasteiger partial charge in [-0.2, -0.15) is 0 Å². The molecule has 0 nitrogen and oxygen atoms in total. The van der Waals surface area contributed by atoms with E-state index in [-0.39, 0.29) is 0 Å². The molecular formula is C15H10F5IS. The Labute approximate surface area is 142 Å². The Morgan fingerprint density at radius 2 is 1.45 bits per heavy atom. The van der Waals surface area contributed by atoms with Crippen LogP contribution in [-0.2, 0) is 6.67 Å². The zero-order valence-corrected chi connectivity index (χ0v) is 14.2. The smallest absolute Gasteiger partial charge is 0.176 e. The molecule has 2 aromatic carbocycles. The minimum absolute atomic E-state index is 0.462. The largest absolute Gasteiger partial charge is 0.246 e. The molecule has 1 unspecified atom stereocenters. The molecule has 0 bridgehead atoms. The Bertz CT molecular complexity index is 658. The first kappa shape index (κ1) is 17.5. The fraction of sp³-hybridized carbons (Fsp3) is 0.200. The number of benzene rings is 2. The summed E-state index contributed by atoms with van der Waals surface area (Å²) in [5.41, 5.74) is 1.14. The van der Waals surface area contributed by atoms with E-state index in [1.165, 1.54) is 22.6 Å². The van der Waals surface area contributed by atoms with Crippen LogP contribution in [0.4, 0.5) is 22.0 Å². The van der Waals surface area contributed by atoms with Crippen molar-refractivity contribution in [3.05, 3.63) is 62.2 Å². The van der Waals surface area contributed by atoms with Gasteiger partial charge in [-0.05, 0) is 40.6 Å². The molecule has 0 amide bonds. The molecule has 0 aliphatic heterocycles. The van der Waals surface area contributed by atoms with Gasteiger partial charge in [0.05, 0.1) is 8.47 Å². The summed E-state index contributed by atoms with van der Waals surface area (Å²) < 4.78 is 66.5. The molecule has 0 saturated heterocycles. The van der Waals surface area contributed by atoms with Crippen LogP contribution < -0.4 is 0 Å². The molecule has 2 aromatic rings. The van der Waals surface area contributed by atoms with Gasteiger partial charge in [-0.3, -0.25) is 0 Å². The Morgan fingerprint density at radius 3 is 1.91 bits per heavy atom. The van der Waals surface area contributed by atoms with Crippen LogP contribution in [0.15, 0.2) is 29.2 Å². The maximum absolute atomic E-state index is 13.8. The molecule has 0 fully saturated rings. The summed E-state index contributed by atoms with van der Waals surface area (Å²) in [7, 11) is 0. The molecule has 0 N–H and O–H groups in total. The third kappa shape index (κ3) is 3.40. The first-order valence-corrected chi connectivity index (χ1v) is 8.15. The van der Waals surface area contributed by atoms with Gasteiger partial charge >= 0.3 is 0 Å². The van der Waals surface area contributed by atoms with Gasteiger partial charge in [-0.15, -0.1) is 11.8 Å². The molecule has 1 atom stereocenters. The minimum atomic E-state index is -1.40. The van der Waals surface area contributed by atoms with Crippen molar-refractivity contribution in [2.45, 2.75) is 23.7 Å². The highest BCUT2D eigenvalue weighted by Crippen LogP contribution is 2.40. The van der Waals surface area contributed by atoms with Crippen molar-refractivity contribution < 1.29 is 22.0 Å². The van der Waals surface area contributed by atoms with E-state index in [2.05, 4.69) is 0 Å². The summed E-state index contributed by atoms with van der Waals surface area (Å²) in [6, 6.07) is 6.33. The van der Waals surface area contributed by atoms with Crippen LogP contribution >= 0.6 is 34.4 Å². The van der Waals surface area contributed by atoms with Crippen LogP contribution in [0, 0.1) is 26.8 Å². The monoisotopic (exact) mass is 444 g/mol. The van der Waals surface area contributed by atoms with Crippen LogP contribution in [0.25, 0.3) is 0 Å². The van der Waals surface area contributed by atoms with E-state index in [1.807, 2.05) is 0 Å². The topological polar surface area (TPSA) is 0 Å². The van der Waals surface area contributed by atoms with E-state index < -0.39 is 43.7 Å². The zero-order chi connectivity index (χ0) is 16.4. The van der Waals surface area contributed by atoms with Gasteiger partial charge < -0.3 is 0 Å². The maximum Gasteiger partial charge on any atom is 0.176 e. The molecule has 0 heterocycles. The highest BCUT2D eigenvalue weighted by molar-refractivity contribution is 14.1. The summed E-state index contributed by atoms with van der Waals surface area (Å²) in [5.74, 6) is -5.61. The van der Waals surface area contributed by atoms with Crippen LogP contribution in [0.3, 0.4) is 0 Å². The standard InChI is InChI=1S/C15H10F5IS/c1-7(9-4-2-8(6-16)3-5-9)22-15-12(19)10(17)14(21)11(18)13(15)20/h2-5,7H,6H2,1H3. The average Bonchev–Trinajstić information content (AvgIpc) is 2.55. The summed E-state index contributed by atoms with van der Waals surface area (Å²) in [4.78, 5) is -0.697. The second-order valence-corrected chi connectivity index (χ2v) is 6.96. The third-order valence-corrected chi connectivity index (χ3v) is 5.23. The lowest BCUT2D eigenvalue weighted by molar-refractivity contribution is 0.418. The molecule has 0 radical (unpaired) electrons. The Balaban J connectivity index is 2.33. The number of halogens is 6. The van der Waals surface area contributed by atoms with E-state index in [9.17, 15) is 22.0 Å². The number of rotatable bonds is 4. The summed E-state index contributed by atoms with van der Waals surface area (Å²) in [6.45, 7) is 1.03. The van der Waals surface area contributed by atoms with Gasteiger partial charge in [0.25, 0.3) is 0 Å². The fourth-order valence-electron chi connectivity index (χ4n) is 1.81. The van der Waals surface area contributed by atoms with Gasteiger partial charge in [0, 0.05) is 5.25 Å². The van der Waals surface area contributed by atoms with Crippen LogP contribution in [0.1, 0.15) is 23.3 Å². The molecule has 118 valence electrons. The molecule has 0 aromatic heterocycles. The van der Waals surface area contributed by atoms with Gasteiger partial charge in [0.15, 0.2) is 23.3 Å². The van der Waals surface area contributed by atoms with Crippen molar-refractivity contribution in [3.63, 3.8) is 0 Å². The summed E-state index contributed by atoms with van der Waals surface area (Å²) in [5, 5.41) is -0.462. The van der Waals surface area contributed by atoms with Gasteiger partial charge in [0.2, 0.25) is 0 Å². The Kier molecular flexibility index (Phi) is 5.70. The third-order valence-electron chi connectivity index (χ3n) is 3.07. The first-order valence-electron chi connectivity index (χ1n) is 6.19. The first-order chi connectivity index (χ1) is 10.4. The predicted molar refractivity (Wildman–Crippen MR) is 84.5 cm³/mol. The quantitative estimate of drug-likeness (QED) is 0.179. The van der Waals surface area contributed by atoms with Gasteiger partial charge in [-0.25, -0.2) is 22.0 Å². The number of thioether (sulfide) groups is 1. The van der Waals surface area contributed by atoms with E-state index in [0.29, 0.717) is 22.9 Å². The van der Waals surface area contributed by atoms with Crippen molar-refractivity contribution in [2.75, 3.05) is 0 Å². The minimum Gasteiger partial charge on any atom is -0.246 e. The van der Waals surface area contributed by atoms with Crippen molar-refractivity contribution in [1.29, 1.82) is 0 Å². The normalized spacial score (nSPS) is 12.5. The van der Waals surface area contributed by atoms with Gasteiger partial charge in [0.1, 0.15) is 6.67 Å². The number of hydrogen-bond acceptors (Lipinski definition) is 1. The Hall–Kier alpha value is -0.830. The maximum atomic E-state index is 13.8. The van der Waals surface area contributed by atoms with Crippen molar-refractivity contribution >= 4 is 34.4 Å². The van der Waals surface area contributed by atoms with E-state index in [0.717, 1.165) is 0 Å². The predicted octanol–water partition coefficient (Wildman–Crippen LogP) is 6.17. The fourth-order valence-corrected chi connectivity index (χ4v) is 3.32. The van der Waals surface area contributed by atoms with Crippen LogP contribution in [0.2, 0.25) is 0 Å². The summed E-state index contributed by atoms with van der Waals surface area (Å²) in [6.07, 6.45) is 0. The van der Waals surface area contributed by atoms with Crippen molar-refractivity contribution in [3.8, 4) is 0 Å². The molecule has 2 rings (SSSR count). The highest BCUT2D eigenvalue weighted by atomic mass is 127. The van der Waals surface area contributed by atoms with Crippen molar-refractivity contribution in [1.82, 2.24) is 0 Å². The molecule has 0 saturated carbocycles.